The van der Waals surface area contributed by atoms with Crippen molar-refractivity contribution in [1.29, 1.82) is 0 Å². The van der Waals surface area contributed by atoms with E-state index in [1.807, 2.05) is 0 Å². The minimum atomic E-state index is 0.235. The van der Waals surface area contributed by atoms with Crippen molar-refractivity contribution in [3.8, 4) is 0 Å². The maximum atomic E-state index is 6.39. The quantitative estimate of drug-likeness (QED) is 0.391. The molecule has 0 atom stereocenters. The van der Waals surface area contributed by atoms with E-state index in [4.69, 9.17) is 5.73 Å². The highest BCUT2D eigenvalue weighted by Gasteiger charge is 2.28. The molecule has 20 heavy (non-hydrogen) atoms. The summed E-state index contributed by atoms with van der Waals surface area (Å²) in [5, 5.41) is 0. The van der Waals surface area contributed by atoms with Gasteiger partial charge in [-0.05, 0) is 19.3 Å². The molecule has 1 nitrogen and oxygen atoms in total. The van der Waals surface area contributed by atoms with Crippen molar-refractivity contribution in [2.75, 3.05) is 0 Å². The molecule has 0 aromatic heterocycles. The van der Waals surface area contributed by atoms with E-state index in [2.05, 4.69) is 6.92 Å². The van der Waals surface area contributed by atoms with E-state index >= 15 is 0 Å². The predicted octanol–water partition coefficient (Wildman–Crippen LogP) is 6.35. The molecule has 1 aliphatic carbocycles. The zero-order valence-corrected chi connectivity index (χ0v) is 14.1. The molecule has 0 aliphatic heterocycles. The summed E-state index contributed by atoms with van der Waals surface area (Å²) in [5.41, 5.74) is 6.62. The summed E-state index contributed by atoms with van der Waals surface area (Å²) in [6.45, 7) is 2.29. The predicted molar refractivity (Wildman–Crippen MR) is 91.1 cm³/mol. The molecule has 0 aromatic carbocycles. The monoisotopic (exact) mass is 281 g/mol. The minimum Gasteiger partial charge on any atom is -0.325 e. The summed E-state index contributed by atoms with van der Waals surface area (Å²) < 4.78 is 0. The molecule has 0 radical (unpaired) electrons. The van der Waals surface area contributed by atoms with Crippen LogP contribution in [-0.4, -0.2) is 5.54 Å². The minimum absolute atomic E-state index is 0.235. The van der Waals surface area contributed by atoms with Gasteiger partial charge in [-0.2, -0.15) is 0 Å². The Morgan fingerprint density at radius 3 is 1.50 bits per heavy atom. The molecule has 120 valence electrons. The summed E-state index contributed by atoms with van der Waals surface area (Å²) in [5.74, 6) is 0. The molecule has 1 rings (SSSR count). The van der Waals surface area contributed by atoms with E-state index in [1.54, 1.807) is 0 Å². The second-order valence-electron chi connectivity index (χ2n) is 7.21. The normalized spacial score (nSPS) is 17.7. The Balaban J connectivity index is 1.74. The maximum absolute atomic E-state index is 6.39. The molecule has 0 unspecified atom stereocenters. The lowest BCUT2D eigenvalue weighted by Crippen LogP contribution is -2.35. The van der Waals surface area contributed by atoms with Gasteiger partial charge >= 0.3 is 0 Å². The highest BCUT2D eigenvalue weighted by Crippen LogP contribution is 2.31. The van der Waals surface area contributed by atoms with E-state index in [0.29, 0.717) is 0 Å². The van der Waals surface area contributed by atoms with Crippen LogP contribution in [0.5, 0.6) is 0 Å². The summed E-state index contributed by atoms with van der Waals surface area (Å²) in [6, 6.07) is 0. The zero-order valence-electron chi connectivity index (χ0n) is 14.1. The van der Waals surface area contributed by atoms with E-state index in [-0.39, 0.29) is 5.54 Å². The van der Waals surface area contributed by atoms with Crippen molar-refractivity contribution in [3.05, 3.63) is 0 Å². The average Bonchev–Trinajstić information content (AvgIpc) is 2.87. The van der Waals surface area contributed by atoms with Gasteiger partial charge in [0.25, 0.3) is 0 Å². The summed E-state index contributed by atoms with van der Waals surface area (Å²) in [4.78, 5) is 0. The van der Waals surface area contributed by atoms with Gasteiger partial charge in [0.2, 0.25) is 0 Å². The number of hydrogen-bond donors (Lipinski definition) is 1. The average molecular weight is 282 g/mol. The number of hydrogen-bond acceptors (Lipinski definition) is 1. The van der Waals surface area contributed by atoms with Gasteiger partial charge in [-0.1, -0.05) is 96.8 Å². The lowest BCUT2D eigenvalue weighted by molar-refractivity contribution is 0.383. The van der Waals surface area contributed by atoms with Crippen LogP contribution < -0.4 is 5.73 Å². The first-order chi connectivity index (χ1) is 9.77. The van der Waals surface area contributed by atoms with E-state index < -0.39 is 0 Å². The van der Waals surface area contributed by atoms with Gasteiger partial charge in [0.1, 0.15) is 0 Å². The molecule has 1 saturated carbocycles. The lowest BCUT2D eigenvalue weighted by atomic mass is 9.91. The summed E-state index contributed by atoms with van der Waals surface area (Å²) in [6.07, 6.45) is 23.8. The molecule has 1 aliphatic rings. The van der Waals surface area contributed by atoms with Crippen LogP contribution in [0.1, 0.15) is 116 Å². The van der Waals surface area contributed by atoms with Crippen LogP contribution >= 0.6 is 0 Å². The number of nitrogens with two attached hydrogens (primary N) is 1. The van der Waals surface area contributed by atoms with Gasteiger partial charge in [-0.25, -0.2) is 0 Å². The maximum Gasteiger partial charge on any atom is 0.0154 e. The molecule has 0 bridgehead atoms. The van der Waals surface area contributed by atoms with Crippen molar-refractivity contribution in [2.24, 2.45) is 5.73 Å². The lowest BCUT2D eigenvalue weighted by Gasteiger charge is -2.23. The first-order valence-electron chi connectivity index (χ1n) is 9.56. The Kier molecular flexibility index (Phi) is 10.4. The standard InChI is InChI=1S/C19H39N/c1-2-3-4-5-6-7-8-9-10-11-12-13-16-19(20)17-14-15-18-19/h2-18,20H2,1H3. The number of rotatable bonds is 13. The van der Waals surface area contributed by atoms with Crippen molar-refractivity contribution < 1.29 is 0 Å². The molecular weight excluding hydrogens is 242 g/mol. The topological polar surface area (TPSA) is 26.0 Å². The second kappa shape index (κ2) is 11.6. The van der Waals surface area contributed by atoms with Gasteiger partial charge < -0.3 is 5.73 Å². The van der Waals surface area contributed by atoms with Crippen molar-refractivity contribution in [1.82, 2.24) is 0 Å². The van der Waals surface area contributed by atoms with E-state index in [0.717, 1.165) is 0 Å². The molecule has 0 heterocycles. The van der Waals surface area contributed by atoms with E-state index in [9.17, 15) is 0 Å². The molecule has 1 fully saturated rings. The third kappa shape index (κ3) is 9.00. The highest BCUT2D eigenvalue weighted by atomic mass is 14.7. The Morgan fingerprint density at radius 1 is 0.650 bits per heavy atom. The molecule has 0 aromatic rings. The smallest absolute Gasteiger partial charge is 0.0154 e. The fraction of sp³-hybridized carbons (Fsp3) is 1.00. The van der Waals surface area contributed by atoms with Crippen LogP contribution in [0.25, 0.3) is 0 Å². The Bertz CT molecular complexity index is 206. The first-order valence-corrected chi connectivity index (χ1v) is 9.56. The largest absolute Gasteiger partial charge is 0.325 e. The molecule has 2 N–H and O–H groups in total. The Morgan fingerprint density at radius 2 is 1.05 bits per heavy atom. The van der Waals surface area contributed by atoms with Crippen molar-refractivity contribution >= 4 is 0 Å². The van der Waals surface area contributed by atoms with Gasteiger partial charge in [0.05, 0.1) is 0 Å². The first kappa shape index (κ1) is 18.0. The SMILES string of the molecule is CCCCCCCCCCCCCCC1(N)CCCC1. The fourth-order valence-corrected chi connectivity index (χ4v) is 3.65. The van der Waals surface area contributed by atoms with Gasteiger partial charge in [0.15, 0.2) is 0 Å². The zero-order chi connectivity index (χ0) is 14.5. The van der Waals surface area contributed by atoms with Gasteiger partial charge in [-0.3, -0.25) is 0 Å². The van der Waals surface area contributed by atoms with Crippen LogP contribution in [0.4, 0.5) is 0 Å². The Labute approximate surface area is 128 Å². The fourth-order valence-electron chi connectivity index (χ4n) is 3.65. The third-order valence-electron chi connectivity index (χ3n) is 5.13. The van der Waals surface area contributed by atoms with Crippen LogP contribution in [0.15, 0.2) is 0 Å². The van der Waals surface area contributed by atoms with Crippen LogP contribution in [-0.2, 0) is 0 Å². The summed E-state index contributed by atoms with van der Waals surface area (Å²) >= 11 is 0. The molecule has 0 saturated heterocycles. The van der Waals surface area contributed by atoms with Crippen LogP contribution in [0.2, 0.25) is 0 Å². The molecule has 0 spiro atoms. The van der Waals surface area contributed by atoms with Gasteiger partial charge in [0, 0.05) is 5.54 Å². The second-order valence-corrected chi connectivity index (χ2v) is 7.21. The summed E-state index contributed by atoms with van der Waals surface area (Å²) in [7, 11) is 0. The van der Waals surface area contributed by atoms with Crippen molar-refractivity contribution in [3.63, 3.8) is 0 Å². The van der Waals surface area contributed by atoms with Crippen LogP contribution in [0.3, 0.4) is 0 Å². The molecule has 0 amide bonds. The third-order valence-corrected chi connectivity index (χ3v) is 5.13. The molecular formula is C19H39N. The van der Waals surface area contributed by atoms with E-state index in [1.165, 1.54) is 109 Å². The molecule has 1 heteroatoms. The van der Waals surface area contributed by atoms with Gasteiger partial charge in [-0.15, -0.1) is 0 Å². The number of unbranched alkanes of at least 4 members (excludes halogenated alkanes) is 11. The highest BCUT2D eigenvalue weighted by molar-refractivity contribution is 4.88. The Hall–Kier alpha value is -0.0400. The van der Waals surface area contributed by atoms with Crippen LogP contribution in [0, 0.1) is 0 Å². The van der Waals surface area contributed by atoms with Crippen molar-refractivity contribution in [2.45, 2.75) is 122 Å².